The van der Waals surface area contributed by atoms with E-state index in [4.69, 9.17) is 4.74 Å². The molecular formula is C16H24FNO. The van der Waals surface area contributed by atoms with Crippen LogP contribution < -0.4 is 5.32 Å². The van der Waals surface area contributed by atoms with E-state index in [9.17, 15) is 4.39 Å². The summed E-state index contributed by atoms with van der Waals surface area (Å²) in [4.78, 5) is 0. The molecule has 1 fully saturated rings. The van der Waals surface area contributed by atoms with Crippen molar-refractivity contribution in [2.24, 2.45) is 0 Å². The van der Waals surface area contributed by atoms with Gasteiger partial charge in [0.15, 0.2) is 0 Å². The summed E-state index contributed by atoms with van der Waals surface area (Å²) in [6.45, 7) is 2.90. The quantitative estimate of drug-likeness (QED) is 0.882. The predicted molar refractivity (Wildman–Crippen MR) is 75.9 cm³/mol. The van der Waals surface area contributed by atoms with Crippen LogP contribution in [0.15, 0.2) is 18.2 Å². The van der Waals surface area contributed by atoms with Crippen molar-refractivity contribution in [3.63, 3.8) is 0 Å². The van der Waals surface area contributed by atoms with Gasteiger partial charge in [0.2, 0.25) is 0 Å². The Morgan fingerprint density at radius 2 is 2.11 bits per heavy atom. The molecule has 1 aromatic carbocycles. The minimum Gasteiger partial charge on any atom is -0.380 e. The van der Waals surface area contributed by atoms with Crippen molar-refractivity contribution < 1.29 is 9.13 Å². The van der Waals surface area contributed by atoms with Gasteiger partial charge >= 0.3 is 0 Å². The standard InChI is InChI=1S/C16H24FNO/c1-12-11-14(17)8-7-13(12)9-10-18-15-5-3-4-6-16(15)19-2/h7-8,11,15-16,18H,3-6,9-10H2,1-2H3. The summed E-state index contributed by atoms with van der Waals surface area (Å²) in [5.41, 5.74) is 2.26. The summed E-state index contributed by atoms with van der Waals surface area (Å²) in [6.07, 6.45) is 6.20. The first-order valence-electron chi connectivity index (χ1n) is 7.22. The van der Waals surface area contributed by atoms with Crippen LogP contribution in [0.4, 0.5) is 4.39 Å². The molecule has 0 bridgehead atoms. The van der Waals surface area contributed by atoms with Gasteiger partial charge < -0.3 is 10.1 Å². The third kappa shape index (κ3) is 4.02. The summed E-state index contributed by atoms with van der Waals surface area (Å²) < 4.78 is 18.6. The number of hydrogen-bond acceptors (Lipinski definition) is 2. The maximum absolute atomic E-state index is 13.0. The van der Waals surface area contributed by atoms with Crippen LogP contribution in [-0.4, -0.2) is 25.8 Å². The molecule has 2 unspecified atom stereocenters. The van der Waals surface area contributed by atoms with Crippen LogP contribution in [0.5, 0.6) is 0 Å². The van der Waals surface area contributed by atoms with Crippen molar-refractivity contribution in [3.8, 4) is 0 Å². The van der Waals surface area contributed by atoms with E-state index in [1.807, 2.05) is 13.0 Å². The molecule has 1 aliphatic carbocycles. The number of halogens is 1. The molecule has 1 aliphatic rings. The number of benzene rings is 1. The smallest absolute Gasteiger partial charge is 0.123 e. The van der Waals surface area contributed by atoms with Gasteiger partial charge in [0, 0.05) is 13.2 Å². The van der Waals surface area contributed by atoms with E-state index < -0.39 is 0 Å². The first kappa shape index (κ1) is 14.5. The highest BCUT2D eigenvalue weighted by Gasteiger charge is 2.23. The van der Waals surface area contributed by atoms with Gasteiger partial charge in [0.1, 0.15) is 5.82 Å². The molecule has 0 heterocycles. The molecule has 0 saturated heterocycles. The highest BCUT2D eigenvalue weighted by Crippen LogP contribution is 2.20. The number of methoxy groups -OCH3 is 1. The average molecular weight is 265 g/mol. The molecule has 19 heavy (non-hydrogen) atoms. The molecule has 1 aromatic rings. The van der Waals surface area contributed by atoms with E-state index in [1.54, 1.807) is 19.2 Å². The van der Waals surface area contributed by atoms with Gasteiger partial charge in [0.05, 0.1) is 6.10 Å². The molecule has 0 aliphatic heterocycles. The minimum absolute atomic E-state index is 0.152. The first-order chi connectivity index (χ1) is 9.20. The number of hydrogen-bond donors (Lipinski definition) is 1. The molecule has 3 heteroatoms. The molecular weight excluding hydrogens is 241 g/mol. The summed E-state index contributed by atoms with van der Waals surface area (Å²) >= 11 is 0. The van der Waals surface area contributed by atoms with Crippen LogP contribution >= 0.6 is 0 Å². The fraction of sp³-hybridized carbons (Fsp3) is 0.625. The molecule has 106 valence electrons. The predicted octanol–water partition coefficient (Wildman–Crippen LogP) is 3.22. The Morgan fingerprint density at radius 3 is 2.84 bits per heavy atom. The van der Waals surface area contributed by atoms with Crippen molar-refractivity contribution in [2.75, 3.05) is 13.7 Å². The monoisotopic (exact) mass is 265 g/mol. The van der Waals surface area contributed by atoms with E-state index in [0.717, 1.165) is 24.9 Å². The van der Waals surface area contributed by atoms with Crippen LogP contribution in [0.25, 0.3) is 0 Å². The Labute approximate surface area is 115 Å². The van der Waals surface area contributed by atoms with Crippen LogP contribution in [0.1, 0.15) is 36.8 Å². The van der Waals surface area contributed by atoms with Gasteiger partial charge in [-0.3, -0.25) is 0 Å². The number of ether oxygens (including phenoxy) is 1. The number of aryl methyl sites for hydroxylation is 1. The highest BCUT2D eigenvalue weighted by atomic mass is 19.1. The molecule has 2 nitrogen and oxygen atoms in total. The molecule has 0 radical (unpaired) electrons. The molecule has 2 rings (SSSR count). The maximum Gasteiger partial charge on any atom is 0.123 e. The fourth-order valence-electron chi connectivity index (χ4n) is 2.94. The second-order valence-electron chi connectivity index (χ2n) is 5.44. The van der Waals surface area contributed by atoms with E-state index in [-0.39, 0.29) is 5.82 Å². The molecule has 1 N–H and O–H groups in total. The van der Waals surface area contributed by atoms with Gasteiger partial charge in [-0.1, -0.05) is 18.9 Å². The molecule has 0 spiro atoms. The number of rotatable bonds is 5. The molecule has 0 amide bonds. The van der Waals surface area contributed by atoms with Gasteiger partial charge in [-0.05, 0) is 56.0 Å². The zero-order valence-electron chi connectivity index (χ0n) is 11.9. The van der Waals surface area contributed by atoms with Crippen molar-refractivity contribution >= 4 is 0 Å². The lowest BCUT2D eigenvalue weighted by molar-refractivity contribution is 0.0421. The summed E-state index contributed by atoms with van der Waals surface area (Å²) in [5.74, 6) is -0.152. The van der Waals surface area contributed by atoms with Crippen molar-refractivity contribution in [3.05, 3.63) is 35.1 Å². The lowest BCUT2D eigenvalue weighted by Gasteiger charge is -2.31. The summed E-state index contributed by atoms with van der Waals surface area (Å²) in [5, 5.41) is 3.59. The Hall–Kier alpha value is -0.930. The second kappa shape index (κ2) is 7.01. The Bertz CT molecular complexity index is 408. The lowest BCUT2D eigenvalue weighted by Crippen LogP contribution is -2.43. The Morgan fingerprint density at radius 1 is 1.32 bits per heavy atom. The topological polar surface area (TPSA) is 21.3 Å². The lowest BCUT2D eigenvalue weighted by atomic mass is 9.92. The largest absolute Gasteiger partial charge is 0.380 e. The van der Waals surface area contributed by atoms with Crippen molar-refractivity contribution in [1.29, 1.82) is 0 Å². The molecule has 0 aromatic heterocycles. The maximum atomic E-state index is 13.0. The van der Waals surface area contributed by atoms with Gasteiger partial charge in [0.25, 0.3) is 0 Å². The fourth-order valence-corrected chi connectivity index (χ4v) is 2.94. The van der Waals surface area contributed by atoms with Gasteiger partial charge in [-0.15, -0.1) is 0 Å². The van der Waals surface area contributed by atoms with E-state index in [2.05, 4.69) is 5.32 Å². The first-order valence-corrected chi connectivity index (χ1v) is 7.22. The van der Waals surface area contributed by atoms with Crippen molar-refractivity contribution in [1.82, 2.24) is 5.32 Å². The van der Waals surface area contributed by atoms with E-state index in [0.29, 0.717) is 12.1 Å². The molecule has 1 saturated carbocycles. The average Bonchev–Trinajstić information content (AvgIpc) is 2.42. The minimum atomic E-state index is -0.152. The van der Waals surface area contributed by atoms with Crippen molar-refractivity contribution in [2.45, 2.75) is 51.2 Å². The zero-order chi connectivity index (χ0) is 13.7. The normalized spacial score (nSPS) is 23.5. The van der Waals surface area contributed by atoms with Crippen LogP contribution in [0, 0.1) is 12.7 Å². The molecule has 2 atom stereocenters. The van der Waals surface area contributed by atoms with E-state index >= 15 is 0 Å². The zero-order valence-corrected chi connectivity index (χ0v) is 11.9. The van der Waals surface area contributed by atoms with Gasteiger partial charge in [-0.2, -0.15) is 0 Å². The third-order valence-electron chi connectivity index (χ3n) is 4.11. The number of nitrogens with one attached hydrogen (secondary N) is 1. The van der Waals surface area contributed by atoms with Crippen LogP contribution in [-0.2, 0) is 11.2 Å². The van der Waals surface area contributed by atoms with Crippen LogP contribution in [0.3, 0.4) is 0 Å². The van der Waals surface area contributed by atoms with Crippen LogP contribution in [0.2, 0.25) is 0 Å². The summed E-state index contributed by atoms with van der Waals surface area (Å²) in [6, 6.07) is 5.51. The van der Waals surface area contributed by atoms with Gasteiger partial charge in [-0.25, -0.2) is 4.39 Å². The third-order valence-corrected chi connectivity index (χ3v) is 4.11. The Kier molecular flexibility index (Phi) is 5.34. The highest BCUT2D eigenvalue weighted by molar-refractivity contribution is 5.26. The SMILES string of the molecule is COC1CCCCC1NCCc1ccc(F)cc1C. The second-order valence-corrected chi connectivity index (χ2v) is 5.44. The Balaban J connectivity index is 1.82. The van der Waals surface area contributed by atoms with E-state index in [1.165, 1.54) is 24.8 Å². The summed E-state index contributed by atoms with van der Waals surface area (Å²) in [7, 11) is 1.80.